The van der Waals surface area contributed by atoms with Gasteiger partial charge in [0.05, 0.1) is 11.2 Å². The van der Waals surface area contributed by atoms with E-state index >= 15 is 0 Å². The van der Waals surface area contributed by atoms with Gasteiger partial charge in [0.25, 0.3) is 0 Å². The minimum atomic E-state index is 0.634. The molecule has 0 aliphatic carbocycles. The van der Waals surface area contributed by atoms with E-state index in [2.05, 4.69) is 77.1 Å². The first kappa shape index (κ1) is 15.7. The smallest absolute Gasteiger partial charge is 0.0712 e. The van der Waals surface area contributed by atoms with Gasteiger partial charge in [-0.25, -0.2) is 4.98 Å². The molecule has 1 heteroatoms. The minimum absolute atomic E-state index is 0.634. The number of hydrogen-bond donors (Lipinski definition) is 0. The zero-order valence-corrected chi connectivity index (χ0v) is 14.8. The molecular weight excluding hydrogens is 278 g/mol. The molecule has 0 unspecified atom stereocenters. The van der Waals surface area contributed by atoms with E-state index in [4.69, 9.17) is 4.98 Å². The van der Waals surface area contributed by atoms with E-state index in [9.17, 15) is 0 Å². The number of fused-ring (bicyclic) bond motifs is 1. The highest BCUT2D eigenvalue weighted by atomic mass is 14.7. The molecule has 0 saturated heterocycles. The van der Waals surface area contributed by atoms with Gasteiger partial charge in [0.2, 0.25) is 0 Å². The van der Waals surface area contributed by atoms with Crippen molar-refractivity contribution in [3.05, 3.63) is 64.7 Å². The lowest BCUT2D eigenvalue weighted by Gasteiger charge is -2.13. The first-order valence-corrected chi connectivity index (χ1v) is 8.42. The average Bonchev–Trinajstić information content (AvgIpc) is 2.51. The van der Waals surface area contributed by atoms with Gasteiger partial charge in [-0.05, 0) is 79.6 Å². The van der Waals surface area contributed by atoms with Gasteiger partial charge in [0.1, 0.15) is 0 Å². The molecule has 23 heavy (non-hydrogen) atoms. The topological polar surface area (TPSA) is 12.9 Å². The number of pyridine rings is 1. The number of aromatic nitrogens is 1. The van der Waals surface area contributed by atoms with Crippen LogP contribution in [-0.4, -0.2) is 4.98 Å². The third-order valence-electron chi connectivity index (χ3n) is 4.65. The van der Waals surface area contributed by atoms with Crippen LogP contribution in [0.1, 0.15) is 36.1 Å². The highest BCUT2D eigenvalue weighted by Gasteiger charge is 2.10. The Morgan fingerprint density at radius 3 is 2.22 bits per heavy atom. The fraction of sp³-hybridized carbons (Fsp3) is 0.318. The van der Waals surface area contributed by atoms with Crippen LogP contribution in [0.5, 0.6) is 0 Å². The zero-order valence-electron chi connectivity index (χ0n) is 14.8. The van der Waals surface area contributed by atoms with E-state index in [1.54, 1.807) is 0 Å². The predicted molar refractivity (Wildman–Crippen MR) is 99.9 cm³/mol. The second kappa shape index (κ2) is 6.16. The zero-order chi connectivity index (χ0) is 16.6. The number of nitrogens with zero attached hydrogens (tertiary/aromatic N) is 1. The van der Waals surface area contributed by atoms with Gasteiger partial charge < -0.3 is 0 Å². The van der Waals surface area contributed by atoms with Gasteiger partial charge in [-0.3, -0.25) is 0 Å². The van der Waals surface area contributed by atoms with E-state index in [-0.39, 0.29) is 0 Å². The summed E-state index contributed by atoms with van der Waals surface area (Å²) in [7, 11) is 0. The molecule has 0 atom stereocenters. The largest absolute Gasteiger partial charge is 0.248 e. The van der Waals surface area contributed by atoms with Crippen molar-refractivity contribution in [2.75, 3.05) is 0 Å². The summed E-state index contributed by atoms with van der Waals surface area (Å²) in [6.45, 7) is 11.1. The van der Waals surface area contributed by atoms with Gasteiger partial charge in [0, 0.05) is 10.9 Å². The fourth-order valence-electron chi connectivity index (χ4n) is 3.19. The van der Waals surface area contributed by atoms with Gasteiger partial charge in [-0.15, -0.1) is 0 Å². The normalized spacial score (nSPS) is 11.4. The molecule has 1 heterocycles. The Balaban J connectivity index is 2.22. The van der Waals surface area contributed by atoms with Crippen molar-refractivity contribution in [3.8, 4) is 11.3 Å². The molecule has 0 saturated carbocycles. The van der Waals surface area contributed by atoms with Crippen LogP contribution < -0.4 is 0 Å². The van der Waals surface area contributed by atoms with E-state index < -0.39 is 0 Å². The Labute approximate surface area is 139 Å². The van der Waals surface area contributed by atoms with E-state index in [0.29, 0.717) is 5.92 Å². The molecule has 0 spiro atoms. The third-order valence-corrected chi connectivity index (χ3v) is 4.65. The monoisotopic (exact) mass is 303 g/mol. The standard InChI is InChI=1S/C22H25N/c1-14(2)10-18-13-22(23-21-9-7-6-8-20(18)21)19-11-15(3)17(5)16(4)12-19/h6-9,11-14H,10H2,1-5H3. The van der Waals surface area contributed by atoms with Crippen molar-refractivity contribution in [1.82, 2.24) is 4.98 Å². The Hall–Kier alpha value is -2.15. The maximum atomic E-state index is 4.93. The first-order chi connectivity index (χ1) is 11.0. The number of para-hydroxylation sites is 1. The summed E-state index contributed by atoms with van der Waals surface area (Å²) in [6.07, 6.45) is 1.08. The predicted octanol–water partition coefficient (Wildman–Crippen LogP) is 6.03. The van der Waals surface area contributed by atoms with Crippen LogP contribution in [0, 0.1) is 26.7 Å². The maximum absolute atomic E-state index is 4.93. The van der Waals surface area contributed by atoms with Gasteiger partial charge >= 0.3 is 0 Å². The second-order valence-corrected chi connectivity index (χ2v) is 7.02. The molecule has 0 aliphatic rings. The van der Waals surface area contributed by atoms with Crippen molar-refractivity contribution in [2.24, 2.45) is 5.92 Å². The van der Waals surface area contributed by atoms with Crippen LogP contribution in [0.4, 0.5) is 0 Å². The summed E-state index contributed by atoms with van der Waals surface area (Å²) in [5.74, 6) is 0.634. The highest BCUT2D eigenvalue weighted by molar-refractivity contribution is 5.85. The summed E-state index contributed by atoms with van der Waals surface area (Å²) < 4.78 is 0. The average molecular weight is 303 g/mol. The molecule has 118 valence electrons. The van der Waals surface area contributed by atoms with Gasteiger partial charge in [0.15, 0.2) is 0 Å². The molecule has 0 aliphatic heterocycles. The quantitative estimate of drug-likeness (QED) is 0.576. The van der Waals surface area contributed by atoms with Crippen molar-refractivity contribution in [1.29, 1.82) is 0 Å². The summed E-state index contributed by atoms with van der Waals surface area (Å²) >= 11 is 0. The molecule has 0 N–H and O–H groups in total. The van der Waals surface area contributed by atoms with Gasteiger partial charge in [-0.1, -0.05) is 32.0 Å². The summed E-state index contributed by atoms with van der Waals surface area (Å²) in [5, 5.41) is 1.28. The van der Waals surface area contributed by atoms with Crippen molar-refractivity contribution in [2.45, 2.75) is 41.0 Å². The molecule has 0 radical (unpaired) electrons. The summed E-state index contributed by atoms with van der Waals surface area (Å²) in [6, 6.07) is 15.3. The Bertz CT molecular complexity index is 836. The van der Waals surface area contributed by atoms with Crippen LogP contribution in [0.25, 0.3) is 22.2 Å². The second-order valence-electron chi connectivity index (χ2n) is 7.02. The number of benzene rings is 2. The van der Waals surface area contributed by atoms with Crippen LogP contribution in [-0.2, 0) is 6.42 Å². The fourth-order valence-corrected chi connectivity index (χ4v) is 3.19. The van der Waals surface area contributed by atoms with E-state index in [1.807, 2.05) is 0 Å². The van der Waals surface area contributed by atoms with Gasteiger partial charge in [-0.2, -0.15) is 0 Å². The Kier molecular flexibility index (Phi) is 4.21. The Morgan fingerprint density at radius 2 is 1.57 bits per heavy atom. The number of aryl methyl sites for hydroxylation is 2. The lowest BCUT2D eigenvalue weighted by molar-refractivity contribution is 0.650. The van der Waals surface area contributed by atoms with Crippen molar-refractivity contribution >= 4 is 10.9 Å². The lowest BCUT2D eigenvalue weighted by Crippen LogP contribution is -1.98. The minimum Gasteiger partial charge on any atom is -0.248 e. The first-order valence-electron chi connectivity index (χ1n) is 8.42. The molecule has 0 fully saturated rings. The summed E-state index contributed by atoms with van der Waals surface area (Å²) in [5.41, 5.74) is 8.85. The maximum Gasteiger partial charge on any atom is 0.0712 e. The molecule has 3 rings (SSSR count). The Morgan fingerprint density at radius 1 is 0.913 bits per heavy atom. The van der Waals surface area contributed by atoms with Crippen LogP contribution in [0.15, 0.2) is 42.5 Å². The summed E-state index contributed by atoms with van der Waals surface area (Å²) in [4.78, 5) is 4.93. The van der Waals surface area contributed by atoms with E-state index in [1.165, 1.54) is 33.2 Å². The molecule has 1 aromatic heterocycles. The van der Waals surface area contributed by atoms with E-state index in [0.717, 1.165) is 17.6 Å². The number of rotatable bonds is 3. The number of hydrogen-bond acceptors (Lipinski definition) is 1. The van der Waals surface area contributed by atoms with Crippen molar-refractivity contribution < 1.29 is 0 Å². The van der Waals surface area contributed by atoms with Crippen molar-refractivity contribution in [3.63, 3.8) is 0 Å². The van der Waals surface area contributed by atoms with Crippen LogP contribution >= 0.6 is 0 Å². The SMILES string of the molecule is Cc1cc(-c2cc(CC(C)C)c3ccccc3n2)cc(C)c1C. The highest BCUT2D eigenvalue weighted by Crippen LogP contribution is 2.28. The molecule has 0 bridgehead atoms. The van der Waals surface area contributed by atoms with Crippen LogP contribution in [0.2, 0.25) is 0 Å². The molecular formula is C22H25N. The molecule has 2 aromatic carbocycles. The molecule has 3 aromatic rings. The molecule has 1 nitrogen and oxygen atoms in total. The van der Waals surface area contributed by atoms with Crippen LogP contribution in [0.3, 0.4) is 0 Å². The third kappa shape index (κ3) is 3.14. The lowest BCUT2D eigenvalue weighted by atomic mass is 9.95. The molecule has 0 amide bonds.